The number of aromatic nitrogens is 5. The van der Waals surface area contributed by atoms with Crippen molar-refractivity contribution in [2.75, 3.05) is 48.8 Å². The second kappa shape index (κ2) is 10.2. The first-order chi connectivity index (χ1) is 18.5. The molecule has 0 amide bonds. The molecule has 6 rings (SSSR count). The zero-order valence-electron chi connectivity index (χ0n) is 21.1. The van der Waals surface area contributed by atoms with Crippen LogP contribution in [-0.4, -0.2) is 63.1 Å². The van der Waals surface area contributed by atoms with E-state index < -0.39 is 11.2 Å². The van der Waals surface area contributed by atoms with Crippen molar-refractivity contribution < 1.29 is 4.74 Å². The average molecular weight is 550 g/mol. The number of aryl methyl sites for hydroxylation is 2. The summed E-state index contributed by atoms with van der Waals surface area (Å²) in [4.78, 5) is 41.7. The average Bonchev–Trinajstić information content (AvgIpc) is 3.54. The van der Waals surface area contributed by atoms with Crippen LogP contribution in [0.15, 0.2) is 62.5 Å². The molecule has 12 heteroatoms. The van der Waals surface area contributed by atoms with E-state index in [4.69, 9.17) is 14.7 Å². The van der Waals surface area contributed by atoms with E-state index in [2.05, 4.69) is 33.0 Å². The largest absolute Gasteiger partial charge is 0.497 e. The second-order valence-electron chi connectivity index (χ2n) is 9.02. The van der Waals surface area contributed by atoms with Crippen LogP contribution in [0.25, 0.3) is 21.4 Å². The third-order valence-electron chi connectivity index (χ3n) is 6.80. The Balaban J connectivity index is 1.26. The summed E-state index contributed by atoms with van der Waals surface area (Å²) in [5, 5.41) is 0. The first kappa shape index (κ1) is 24.6. The topological polar surface area (TPSA) is 101 Å². The Morgan fingerprint density at radius 2 is 1.74 bits per heavy atom. The molecule has 10 nitrogen and oxygen atoms in total. The van der Waals surface area contributed by atoms with Gasteiger partial charge < -0.3 is 19.1 Å². The number of ether oxygens (including phenoxy) is 1. The lowest BCUT2D eigenvalue weighted by atomic mass is 10.2. The Bertz CT molecular complexity index is 1680. The van der Waals surface area contributed by atoms with Crippen LogP contribution in [0.1, 0.15) is 0 Å². The van der Waals surface area contributed by atoms with Gasteiger partial charge in [0.15, 0.2) is 15.5 Å². The van der Waals surface area contributed by atoms with Gasteiger partial charge in [0.2, 0.25) is 5.95 Å². The van der Waals surface area contributed by atoms with Gasteiger partial charge in [-0.15, -0.1) is 11.3 Å². The number of anilines is 2. The molecule has 0 saturated carbocycles. The molecule has 2 aromatic carbocycles. The molecule has 0 atom stereocenters. The van der Waals surface area contributed by atoms with E-state index in [0.717, 1.165) is 52.2 Å². The van der Waals surface area contributed by atoms with Crippen LogP contribution in [0.3, 0.4) is 0 Å². The van der Waals surface area contributed by atoms with Gasteiger partial charge in [-0.3, -0.25) is 14.3 Å². The lowest BCUT2D eigenvalue weighted by Crippen LogP contribution is -2.47. The highest BCUT2D eigenvalue weighted by atomic mass is 32.2. The molecular weight excluding hydrogens is 522 g/mol. The number of para-hydroxylation sites is 1. The SMILES string of the molecule is COc1ccc(N2CCN(c3nc4c(c(=O)[nH]c(=O)n4C)n3CCSc3nc4ccccc4s3)CC2)cc1. The van der Waals surface area contributed by atoms with Crippen LogP contribution in [0.5, 0.6) is 5.75 Å². The van der Waals surface area contributed by atoms with Crippen molar-refractivity contribution in [3.8, 4) is 5.75 Å². The Morgan fingerprint density at radius 1 is 1.00 bits per heavy atom. The van der Waals surface area contributed by atoms with Gasteiger partial charge in [0.05, 0.1) is 17.3 Å². The first-order valence-electron chi connectivity index (χ1n) is 12.3. The number of nitrogens with zero attached hydrogens (tertiary/aromatic N) is 6. The zero-order valence-corrected chi connectivity index (χ0v) is 22.7. The molecule has 0 aliphatic carbocycles. The lowest BCUT2D eigenvalue weighted by molar-refractivity contribution is 0.415. The number of nitrogens with one attached hydrogen (secondary N) is 1. The molecule has 38 heavy (non-hydrogen) atoms. The Morgan fingerprint density at radius 3 is 2.47 bits per heavy atom. The molecule has 1 saturated heterocycles. The highest BCUT2D eigenvalue weighted by Gasteiger charge is 2.25. The van der Waals surface area contributed by atoms with Crippen molar-refractivity contribution in [3.05, 3.63) is 69.4 Å². The minimum Gasteiger partial charge on any atom is -0.497 e. The van der Waals surface area contributed by atoms with Crippen molar-refractivity contribution in [1.29, 1.82) is 0 Å². The third-order valence-corrected chi connectivity index (χ3v) is 8.96. The number of methoxy groups -OCH3 is 1. The molecule has 0 unspecified atom stereocenters. The molecular formula is C26H27N7O3S2. The van der Waals surface area contributed by atoms with Crippen molar-refractivity contribution in [2.45, 2.75) is 10.9 Å². The molecule has 0 radical (unpaired) electrons. The maximum absolute atomic E-state index is 12.9. The second-order valence-corrected chi connectivity index (χ2v) is 11.4. The van der Waals surface area contributed by atoms with E-state index in [1.807, 2.05) is 34.9 Å². The van der Waals surface area contributed by atoms with Gasteiger partial charge in [0.25, 0.3) is 5.56 Å². The maximum atomic E-state index is 12.9. The molecule has 1 aliphatic rings. The summed E-state index contributed by atoms with van der Waals surface area (Å²) in [7, 11) is 3.30. The minimum absolute atomic E-state index is 0.399. The fourth-order valence-corrected chi connectivity index (χ4v) is 6.83. The Labute approximate surface area is 226 Å². The summed E-state index contributed by atoms with van der Waals surface area (Å²) in [5.41, 5.74) is 2.08. The molecule has 4 heterocycles. The first-order valence-corrected chi connectivity index (χ1v) is 14.1. The fourth-order valence-electron chi connectivity index (χ4n) is 4.77. The number of aromatic amines is 1. The summed E-state index contributed by atoms with van der Waals surface area (Å²) in [6.07, 6.45) is 0. The molecule has 5 aromatic rings. The van der Waals surface area contributed by atoms with E-state index in [-0.39, 0.29) is 0 Å². The van der Waals surface area contributed by atoms with Crippen molar-refractivity contribution in [2.24, 2.45) is 7.05 Å². The van der Waals surface area contributed by atoms with E-state index in [1.54, 1.807) is 37.3 Å². The van der Waals surface area contributed by atoms with E-state index >= 15 is 0 Å². The number of hydrogen-bond acceptors (Lipinski definition) is 9. The third kappa shape index (κ3) is 4.54. The number of piperazine rings is 1. The van der Waals surface area contributed by atoms with Crippen molar-refractivity contribution in [1.82, 2.24) is 24.1 Å². The Hall–Kier alpha value is -3.77. The summed E-state index contributed by atoms with van der Waals surface area (Å²) >= 11 is 3.33. The number of benzene rings is 2. The molecule has 3 aromatic heterocycles. The fraction of sp³-hybridized carbons (Fsp3) is 0.308. The number of thioether (sulfide) groups is 1. The van der Waals surface area contributed by atoms with Crippen LogP contribution >= 0.6 is 23.1 Å². The highest BCUT2D eigenvalue weighted by molar-refractivity contribution is 8.01. The molecule has 1 aliphatic heterocycles. The predicted molar refractivity (Wildman–Crippen MR) is 153 cm³/mol. The zero-order chi connectivity index (χ0) is 26.2. The predicted octanol–water partition coefficient (Wildman–Crippen LogP) is 3.16. The van der Waals surface area contributed by atoms with Crippen LogP contribution in [0.2, 0.25) is 0 Å². The summed E-state index contributed by atoms with van der Waals surface area (Å²) in [6.45, 7) is 3.67. The van der Waals surface area contributed by atoms with Crippen molar-refractivity contribution in [3.63, 3.8) is 0 Å². The quantitative estimate of drug-likeness (QED) is 0.309. The van der Waals surface area contributed by atoms with Crippen molar-refractivity contribution >= 4 is 56.1 Å². The molecule has 196 valence electrons. The number of rotatable bonds is 7. The van der Waals surface area contributed by atoms with Crippen LogP contribution in [0.4, 0.5) is 11.6 Å². The minimum atomic E-state index is -0.466. The summed E-state index contributed by atoms with van der Waals surface area (Å²) in [5.74, 6) is 2.26. The molecule has 1 N–H and O–H groups in total. The maximum Gasteiger partial charge on any atom is 0.329 e. The number of imidazole rings is 1. The van der Waals surface area contributed by atoms with Crippen LogP contribution < -0.4 is 25.8 Å². The van der Waals surface area contributed by atoms with Gasteiger partial charge in [0, 0.05) is 51.2 Å². The van der Waals surface area contributed by atoms with Gasteiger partial charge >= 0.3 is 5.69 Å². The summed E-state index contributed by atoms with van der Waals surface area (Å²) in [6, 6.07) is 16.2. The summed E-state index contributed by atoms with van der Waals surface area (Å²) < 4.78 is 10.8. The highest BCUT2D eigenvalue weighted by Crippen LogP contribution is 2.30. The van der Waals surface area contributed by atoms with E-state index in [9.17, 15) is 9.59 Å². The number of H-pyrrole nitrogens is 1. The molecule has 0 bridgehead atoms. The van der Waals surface area contributed by atoms with Gasteiger partial charge in [-0.2, -0.15) is 4.98 Å². The van der Waals surface area contributed by atoms with Gasteiger partial charge in [-0.1, -0.05) is 23.9 Å². The van der Waals surface area contributed by atoms with E-state index in [0.29, 0.717) is 29.4 Å². The molecule has 0 spiro atoms. The molecule has 1 fully saturated rings. The Kier molecular flexibility index (Phi) is 6.58. The van der Waals surface area contributed by atoms with Gasteiger partial charge in [-0.05, 0) is 36.4 Å². The number of hydrogen-bond donors (Lipinski definition) is 1. The van der Waals surface area contributed by atoms with Gasteiger partial charge in [-0.25, -0.2) is 9.78 Å². The number of fused-ring (bicyclic) bond motifs is 2. The normalized spacial score (nSPS) is 14.1. The smallest absolute Gasteiger partial charge is 0.329 e. The lowest BCUT2D eigenvalue weighted by Gasteiger charge is -2.36. The van der Waals surface area contributed by atoms with Crippen LogP contribution in [-0.2, 0) is 13.6 Å². The van der Waals surface area contributed by atoms with Crippen LogP contribution in [0, 0.1) is 0 Å². The standard InChI is InChI=1S/C26H27N7O3S2/c1-30-22-21(23(34)29-25(30)35)33(15-16-37-26-27-19-5-3-4-6-20(19)38-26)24(28-22)32-13-11-31(12-14-32)17-7-9-18(36-2)10-8-17/h3-10H,11-16H2,1-2H3,(H,29,34,35). The van der Waals surface area contributed by atoms with Gasteiger partial charge in [0.1, 0.15) is 5.75 Å². The van der Waals surface area contributed by atoms with E-state index in [1.165, 1.54) is 4.57 Å². The monoisotopic (exact) mass is 549 g/mol. The number of thiazole rings is 1.